The van der Waals surface area contributed by atoms with Crippen LogP contribution in [0.3, 0.4) is 0 Å². The van der Waals surface area contributed by atoms with Gasteiger partial charge in [0.15, 0.2) is 9.84 Å². The highest BCUT2D eigenvalue weighted by Crippen LogP contribution is 2.66. The van der Waals surface area contributed by atoms with Crippen molar-refractivity contribution < 1.29 is 8.42 Å². The number of hydrogen-bond acceptors (Lipinski definition) is 2. The van der Waals surface area contributed by atoms with Crippen molar-refractivity contribution in [1.29, 1.82) is 0 Å². The van der Waals surface area contributed by atoms with Gasteiger partial charge in [0, 0.05) is 5.75 Å². The molecule has 138 valence electrons. The van der Waals surface area contributed by atoms with Crippen molar-refractivity contribution in [1.82, 2.24) is 0 Å². The van der Waals surface area contributed by atoms with Crippen LogP contribution in [-0.2, 0) is 9.84 Å². The summed E-state index contributed by atoms with van der Waals surface area (Å²) < 4.78 is 25.1. The molecule has 3 heteroatoms. The maximum Gasteiger partial charge on any atom is 0.152 e. The van der Waals surface area contributed by atoms with Crippen LogP contribution in [0.25, 0.3) is 0 Å². The van der Waals surface area contributed by atoms with E-state index in [9.17, 15) is 8.42 Å². The molecule has 4 saturated carbocycles. The second-order valence-electron chi connectivity index (χ2n) is 10.1. The monoisotopic (exact) mass is 352 g/mol. The van der Waals surface area contributed by atoms with E-state index in [2.05, 4.69) is 13.8 Å². The van der Waals surface area contributed by atoms with E-state index >= 15 is 0 Å². The van der Waals surface area contributed by atoms with E-state index in [0.717, 1.165) is 30.6 Å². The van der Waals surface area contributed by atoms with E-state index in [4.69, 9.17) is 0 Å². The molecule has 4 aliphatic carbocycles. The average Bonchev–Trinajstić information content (AvgIpc) is 2.93. The highest BCUT2D eigenvalue weighted by atomic mass is 32.2. The van der Waals surface area contributed by atoms with Crippen molar-refractivity contribution in [3.63, 3.8) is 0 Å². The molecule has 0 aromatic rings. The van der Waals surface area contributed by atoms with Crippen molar-refractivity contribution in [2.45, 2.75) is 90.2 Å². The summed E-state index contributed by atoms with van der Waals surface area (Å²) in [5.74, 6) is 3.63. The lowest BCUT2D eigenvalue weighted by molar-refractivity contribution is -0.103. The van der Waals surface area contributed by atoms with Gasteiger partial charge in [-0.15, -0.1) is 0 Å². The number of hydrogen-bond donors (Lipinski definition) is 0. The molecule has 0 N–H and O–H groups in total. The Bertz CT molecular complexity index is 597. The Balaban J connectivity index is 1.62. The molecule has 0 amide bonds. The fourth-order valence-corrected chi connectivity index (χ4v) is 9.40. The first-order chi connectivity index (χ1) is 11.3. The van der Waals surface area contributed by atoms with Crippen molar-refractivity contribution >= 4 is 9.84 Å². The van der Waals surface area contributed by atoms with E-state index < -0.39 is 9.84 Å². The van der Waals surface area contributed by atoms with Gasteiger partial charge in [-0.3, -0.25) is 0 Å². The Labute approximate surface area is 149 Å². The van der Waals surface area contributed by atoms with Crippen LogP contribution >= 0.6 is 0 Å². The van der Waals surface area contributed by atoms with Gasteiger partial charge in [0.25, 0.3) is 0 Å². The fraction of sp³-hybridized carbons (Fsp3) is 1.00. The summed E-state index contributed by atoms with van der Waals surface area (Å²) in [6, 6.07) is 0. The van der Waals surface area contributed by atoms with E-state index in [-0.39, 0.29) is 5.25 Å². The summed E-state index contributed by atoms with van der Waals surface area (Å²) in [6.07, 6.45) is 13.1. The third kappa shape index (κ3) is 2.43. The van der Waals surface area contributed by atoms with E-state index in [1.54, 1.807) is 0 Å². The standard InChI is InChI=1S/C21H36O2S/c1-4-24(22,23)16-13-19-17-9-8-15-7-5-6-11-21(15,3)18(17)10-12-20(19,2)14-16/h15-19H,4-14H2,1-3H3/t15-,16+,17-,18+,19+,20-,21+/m1/s1. The highest BCUT2D eigenvalue weighted by Gasteiger charge is 2.59. The average molecular weight is 353 g/mol. The molecule has 0 unspecified atom stereocenters. The van der Waals surface area contributed by atoms with Crippen molar-refractivity contribution in [3.8, 4) is 0 Å². The van der Waals surface area contributed by atoms with Crippen molar-refractivity contribution in [3.05, 3.63) is 0 Å². The minimum atomic E-state index is -2.87. The van der Waals surface area contributed by atoms with Crippen LogP contribution in [0.15, 0.2) is 0 Å². The van der Waals surface area contributed by atoms with Gasteiger partial charge in [-0.1, -0.05) is 33.6 Å². The minimum absolute atomic E-state index is 0.0480. The summed E-state index contributed by atoms with van der Waals surface area (Å²) in [7, 11) is -2.87. The molecule has 4 rings (SSSR count). The zero-order chi connectivity index (χ0) is 17.2. The van der Waals surface area contributed by atoms with Crippen LogP contribution in [0, 0.1) is 34.5 Å². The van der Waals surface area contributed by atoms with E-state index in [1.807, 2.05) is 6.92 Å². The second-order valence-corrected chi connectivity index (χ2v) is 12.7. The van der Waals surface area contributed by atoms with Crippen LogP contribution < -0.4 is 0 Å². The molecule has 0 spiro atoms. The van der Waals surface area contributed by atoms with Crippen LogP contribution in [0.1, 0.15) is 85.0 Å². The number of rotatable bonds is 2. The summed E-state index contributed by atoms with van der Waals surface area (Å²) in [6.45, 7) is 6.86. The maximum atomic E-state index is 12.5. The molecular formula is C21H36O2S. The molecular weight excluding hydrogens is 316 g/mol. The lowest BCUT2D eigenvalue weighted by atomic mass is 9.45. The predicted molar refractivity (Wildman–Crippen MR) is 99.6 cm³/mol. The minimum Gasteiger partial charge on any atom is -0.229 e. The normalized spacial score (nSPS) is 51.5. The molecule has 7 atom stereocenters. The summed E-state index contributed by atoms with van der Waals surface area (Å²) >= 11 is 0. The molecule has 0 aliphatic heterocycles. The maximum absolute atomic E-state index is 12.5. The lowest BCUT2D eigenvalue weighted by Gasteiger charge is -2.60. The van der Waals surface area contributed by atoms with Gasteiger partial charge in [0.05, 0.1) is 5.25 Å². The van der Waals surface area contributed by atoms with Crippen LogP contribution in [0.4, 0.5) is 0 Å². The van der Waals surface area contributed by atoms with Gasteiger partial charge >= 0.3 is 0 Å². The Morgan fingerprint density at radius 3 is 2.50 bits per heavy atom. The van der Waals surface area contributed by atoms with Gasteiger partial charge in [0.1, 0.15) is 0 Å². The topological polar surface area (TPSA) is 34.1 Å². The summed E-state index contributed by atoms with van der Waals surface area (Å²) in [4.78, 5) is 0. The van der Waals surface area contributed by atoms with Crippen LogP contribution in [0.2, 0.25) is 0 Å². The first kappa shape index (κ1) is 17.4. The van der Waals surface area contributed by atoms with Gasteiger partial charge in [0.2, 0.25) is 0 Å². The second kappa shape index (κ2) is 5.72. The molecule has 24 heavy (non-hydrogen) atoms. The fourth-order valence-electron chi connectivity index (χ4n) is 7.80. The zero-order valence-corrected chi connectivity index (χ0v) is 16.7. The molecule has 2 nitrogen and oxygen atoms in total. The Kier molecular flexibility index (Phi) is 4.14. The van der Waals surface area contributed by atoms with Crippen molar-refractivity contribution in [2.24, 2.45) is 34.5 Å². The molecule has 0 saturated heterocycles. The van der Waals surface area contributed by atoms with Gasteiger partial charge < -0.3 is 0 Å². The predicted octanol–water partition coefficient (Wildman–Crippen LogP) is 5.22. The summed E-state index contributed by atoms with van der Waals surface area (Å²) in [5.41, 5.74) is 0.857. The third-order valence-corrected chi connectivity index (χ3v) is 11.4. The highest BCUT2D eigenvalue weighted by molar-refractivity contribution is 7.92. The number of fused-ring (bicyclic) bond motifs is 5. The molecule has 0 radical (unpaired) electrons. The zero-order valence-electron chi connectivity index (χ0n) is 15.9. The third-order valence-electron chi connectivity index (χ3n) is 9.22. The Hall–Kier alpha value is -0.0500. The first-order valence-electron chi connectivity index (χ1n) is 10.5. The molecule has 0 heterocycles. The summed E-state index contributed by atoms with van der Waals surface area (Å²) in [5, 5.41) is -0.0480. The SMILES string of the molecule is CCS(=O)(=O)[C@H]1C[C@H]2[C@@H]3CC[C@H]4CCCC[C@]4(C)[C@H]3CC[C@]2(C)C1. The Morgan fingerprint density at radius 2 is 1.75 bits per heavy atom. The van der Waals surface area contributed by atoms with Crippen molar-refractivity contribution in [2.75, 3.05) is 5.75 Å². The van der Waals surface area contributed by atoms with Crippen LogP contribution in [0.5, 0.6) is 0 Å². The largest absolute Gasteiger partial charge is 0.229 e. The van der Waals surface area contributed by atoms with Gasteiger partial charge in [-0.05, 0) is 85.9 Å². The quantitative estimate of drug-likeness (QED) is 0.682. The van der Waals surface area contributed by atoms with Crippen LogP contribution in [-0.4, -0.2) is 19.4 Å². The first-order valence-corrected chi connectivity index (χ1v) is 12.2. The van der Waals surface area contributed by atoms with E-state index in [1.165, 1.54) is 51.4 Å². The molecule has 4 aliphatic rings. The Morgan fingerprint density at radius 1 is 0.958 bits per heavy atom. The molecule has 0 bridgehead atoms. The number of sulfone groups is 1. The smallest absolute Gasteiger partial charge is 0.152 e. The molecule has 0 aromatic heterocycles. The van der Waals surface area contributed by atoms with Gasteiger partial charge in [-0.25, -0.2) is 8.42 Å². The van der Waals surface area contributed by atoms with E-state index in [0.29, 0.717) is 22.5 Å². The molecule has 4 fully saturated rings. The lowest BCUT2D eigenvalue weighted by Crippen LogP contribution is -2.51. The van der Waals surface area contributed by atoms with Gasteiger partial charge in [-0.2, -0.15) is 0 Å². The molecule has 0 aromatic carbocycles.